The SMILES string of the molecule is CC(Cc1ccccn1)N(Cc1ccccc1)C(=O)COc1ccc(C=NNC(=O)c2ccc(O)c(Cl)c2)c2ccccc12. The first-order valence-electron chi connectivity index (χ1n) is 14.1. The first kappa shape index (κ1) is 30.3. The molecule has 0 aliphatic rings. The van der Waals surface area contributed by atoms with Crippen molar-refractivity contribution in [1.82, 2.24) is 15.3 Å². The second kappa shape index (κ2) is 14.3. The average Bonchev–Trinajstić information content (AvgIpc) is 3.05. The number of carbonyl (C=O) groups is 2. The summed E-state index contributed by atoms with van der Waals surface area (Å²) in [6.07, 6.45) is 3.92. The lowest BCUT2D eigenvalue weighted by Gasteiger charge is -2.29. The zero-order valence-corrected chi connectivity index (χ0v) is 24.8. The number of benzene rings is 4. The standard InChI is InChI=1S/C35H31ClN4O4/c1-24(19-28-11-7-8-18-37-28)40(22-25-9-3-2-4-10-25)34(42)23-44-33-17-15-27(29-12-5-6-13-30(29)33)21-38-39-35(43)26-14-16-32(41)31(36)20-26/h2-18,20-21,24,41H,19,22-23H2,1H3,(H,39,43). The molecule has 2 N–H and O–H groups in total. The average molecular weight is 607 g/mol. The third-order valence-electron chi connectivity index (χ3n) is 7.13. The van der Waals surface area contributed by atoms with Crippen molar-refractivity contribution in [3.8, 4) is 11.5 Å². The molecular weight excluding hydrogens is 576 g/mol. The summed E-state index contributed by atoms with van der Waals surface area (Å²) in [6.45, 7) is 2.34. The summed E-state index contributed by atoms with van der Waals surface area (Å²) in [7, 11) is 0. The Kier molecular flexibility index (Phi) is 9.84. The van der Waals surface area contributed by atoms with Crippen LogP contribution in [0.4, 0.5) is 0 Å². The van der Waals surface area contributed by atoms with Crippen LogP contribution in [-0.2, 0) is 17.8 Å². The number of fused-ring (bicyclic) bond motifs is 1. The summed E-state index contributed by atoms with van der Waals surface area (Å²) < 4.78 is 6.12. The molecule has 5 rings (SSSR count). The number of nitrogens with zero attached hydrogens (tertiary/aromatic N) is 3. The molecule has 0 saturated heterocycles. The predicted octanol–water partition coefficient (Wildman–Crippen LogP) is 6.40. The van der Waals surface area contributed by atoms with Gasteiger partial charge < -0.3 is 14.7 Å². The highest BCUT2D eigenvalue weighted by atomic mass is 35.5. The number of hydrogen-bond donors (Lipinski definition) is 2. The number of phenolic OH excluding ortho intramolecular Hbond substituents is 1. The van der Waals surface area contributed by atoms with Crippen molar-refractivity contribution in [1.29, 1.82) is 0 Å². The third-order valence-corrected chi connectivity index (χ3v) is 7.43. The van der Waals surface area contributed by atoms with Crippen LogP contribution in [0.5, 0.6) is 11.5 Å². The summed E-state index contributed by atoms with van der Waals surface area (Å²) in [4.78, 5) is 32.3. The van der Waals surface area contributed by atoms with Crippen molar-refractivity contribution in [2.75, 3.05) is 6.61 Å². The monoisotopic (exact) mass is 606 g/mol. The molecule has 4 aromatic carbocycles. The summed E-state index contributed by atoms with van der Waals surface area (Å²) in [5, 5.41) is 15.4. The number of nitrogens with one attached hydrogen (secondary N) is 1. The molecule has 5 aromatic rings. The van der Waals surface area contributed by atoms with E-state index in [1.807, 2.05) is 90.7 Å². The Bertz CT molecular complexity index is 1780. The number of ether oxygens (including phenoxy) is 1. The number of aromatic nitrogens is 1. The third kappa shape index (κ3) is 7.59. The van der Waals surface area contributed by atoms with Crippen molar-refractivity contribution in [3.63, 3.8) is 0 Å². The largest absolute Gasteiger partial charge is 0.506 e. The summed E-state index contributed by atoms with van der Waals surface area (Å²) in [5.74, 6) is -0.150. The lowest BCUT2D eigenvalue weighted by molar-refractivity contribution is -0.136. The van der Waals surface area contributed by atoms with Gasteiger partial charge in [-0.3, -0.25) is 14.6 Å². The molecule has 0 spiro atoms. The van der Waals surface area contributed by atoms with Crippen molar-refractivity contribution < 1.29 is 19.4 Å². The minimum absolute atomic E-state index is 0.0764. The molecule has 1 heterocycles. The van der Waals surface area contributed by atoms with Gasteiger partial charge in [0.25, 0.3) is 11.8 Å². The summed E-state index contributed by atoms with van der Waals surface area (Å²) in [5.41, 5.74) is 5.43. The van der Waals surface area contributed by atoms with Gasteiger partial charge in [-0.25, -0.2) is 5.43 Å². The number of aromatic hydroxyl groups is 1. The zero-order chi connectivity index (χ0) is 30.9. The zero-order valence-electron chi connectivity index (χ0n) is 24.1. The fourth-order valence-corrected chi connectivity index (χ4v) is 5.01. The van der Waals surface area contributed by atoms with Crippen LogP contribution in [0.25, 0.3) is 10.8 Å². The Morgan fingerprint density at radius 3 is 2.48 bits per heavy atom. The fraction of sp³-hybridized carbons (Fsp3) is 0.143. The van der Waals surface area contributed by atoms with E-state index in [2.05, 4.69) is 15.5 Å². The number of amides is 2. The quantitative estimate of drug-likeness (QED) is 0.134. The van der Waals surface area contributed by atoms with Gasteiger partial charge in [-0.15, -0.1) is 0 Å². The van der Waals surface area contributed by atoms with Gasteiger partial charge in [-0.05, 0) is 60.3 Å². The number of halogens is 1. The number of phenols is 1. The highest BCUT2D eigenvalue weighted by molar-refractivity contribution is 6.32. The number of carbonyl (C=O) groups excluding carboxylic acids is 2. The Morgan fingerprint density at radius 2 is 1.73 bits per heavy atom. The van der Waals surface area contributed by atoms with E-state index in [-0.39, 0.29) is 34.9 Å². The van der Waals surface area contributed by atoms with Gasteiger partial charge in [0.15, 0.2) is 6.61 Å². The highest BCUT2D eigenvalue weighted by Crippen LogP contribution is 2.28. The van der Waals surface area contributed by atoms with Crippen molar-refractivity contribution in [2.45, 2.75) is 25.9 Å². The van der Waals surface area contributed by atoms with Crippen molar-refractivity contribution in [2.24, 2.45) is 5.10 Å². The van der Waals surface area contributed by atoms with Crippen LogP contribution in [0, 0.1) is 0 Å². The van der Waals surface area contributed by atoms with Crippen LogP contribution in [0.1, 0.15) is 34.1 Å². The Balaban J connectivity index is 1.30. The van der Waals surface area contributed by atoms with Crippen LogP contribution >= 0.6 is 11.6 Å². The van der Waals surface area contributed by atoms with Crippen LogP contribution in [-0.4, -0.2) is 45.7 Å². The van der Waals surface area contributed by atoms with E-state index >= 15 is 0 Å². The molecule has 0 radical (unpaired) electrons. The van der Waals surface area contributed by atoms with Gasteiger partial charge in [0.2, 0.25) is 0 Å². The molecule has 1 aromatic heterocycles. The molecule has 1 unspecified atom stereocenters. The van der Waals surface area contributed by atoms with E-state index in [9.17, 15) is 14.7 Å². The lowest BCUT2D eigenvalue weighted by atomic mass is 10.0. The van der Waals surface area contributed by atoms with Crippen molar-refractivity contribution >= 4 is 40.4 Å². The maximum atomic E-state index is 13.6. The first-order valence-corrected chi connectivity index (χ1v) is 14.5. The summed E-state index contributed by atoms with van der Waals surface area (Å²) >= 11 is 5.91. The second-order valence-corrected chi connectivity index (χ2v) is 10.6. The minimum Gasteiger partial charge on any atom is -0.506 e. The topological polar surface area (TPSA) is 104 Å². The predicted molar refractivity (Wildman–Crippen MR) is 172 cm³/mol. The van der Waals surface area contributed by atoms with Gasteiger partial charge in [0, 0.05) is 47.4 Å². The molecule has 0 bridgehead atoms. The van der Waals surface area contributed by atoms with Crippen LogP contribution < -0.4 is 10.2 Å². The van der Waals surface area contributed by atoms with E-state index < -0.39 is 5.91 Å². The molecule has 1 atom stereocenters. The van der Waals surface area contributed by atoms with Gasteiger partial charge >= 0.3 is 0 Å². The van der Waals surface area contributed by atoms with Crippen molar-refractivity contribution in [3.05, 3.63) is 137 Å². The van der Waals surface area contributed by atoms with Crippen LogP contribution in [0.2, 0.25) is 5.02 Å². The molecule has 44 heavy (non-hydrogen) atoms. The minimum atomic E-state index is -0.469. The van der Waals surface area contributed by atoms with E-state index in [1.165, 1.54) is 24.4 Å². The molecule has 0 fully saturated rings. The van der Waals surface area contributed by atoms with Crippen LogP contribution in [0.15, 0.2) is 114 Å². The van der Waals surface area contributed by atoms with E-state index in [1.54, 1.807) is 12.3 Å². The number of hydrazone groups is 1. The Morgan fingerprint density at radius 1 is 0.977 bits per heavy atom. The Labute approximate surface area is 260 Å². The lowest BCUT2D eigenvalue weighted by Crippen LogP contribution is -2.42. The van der Waals surface area contributed by atoms with E-state index in [4.69, 9.17) is 16.3 Å². The summed E-state index contributed by atoms with van der Waals surface area (Å²) in [6, 6.07) is 31.0. The number of pyridine rings is 1. The molecular formula is C35H31ClN4O4. The number of hydrogen-bond acceptors (Lipinski definition) is 6. The highest BCUT2D eigenvalue weighted by Gasteiger charge is 2.22. The molecule has 0 aliphatic carbocycles. The molecule has 222 valence electrons. The van der Waals surface area contributed by atoms with E-state index in [0.29, 0.717) is 18.7 Å². The molecule has 0 saturated carbocycles. The first-order chi connectivity index (χ1) is 21.4. The van der Waals surface area contributed by atoms with Gasteiger partial charge in [-0.2, -0.15) is 5.10 Å². The normalized spacial score (nSPS) is 11.8. The van der Waals surface area contributed by atoms with Gasteiger partial charge in [0.05, 0.1) is 11.2 Å². The molecule has 8 nitrogen and oxygen atoms in total. The van der Waals surface area contributed by atoms with Gasteiger partial charge in [-0.1, -0.05) is 72.3 Å². The van der Waals surface area contributed by atoms with Gasteiger partial charge in [0.1, 0.15) is 11.5 Å². The molecule has 0 aliphatic heterocycles. The van der Waals surface area contributed by atoms with E-state index in [0.717, 1.165) is 27.6 Å². The molecule has 9 heteroatoms. The van der Waals surface area contributed by atoms with Crippen LogP contribution in [0.3, 0.4) is 0 Å². The fourth-order valence-electron chi connectivity index (χ4n) is 4.83. The smallest absolute Gasteiger partial charge is 0.271 e. The number of rotatable bonds is 11. The maximum absolute atomic E-state index is 13.6. The Hall–Kier alpha value is -5.21. The molecule has 2 amide bonds. The second-order valence-electron chi connectivity index (χ2n) is 10.2. The maximum Gasteiger partial charge on any atom is 0.271 e.